The number of likely N-dealkylation sites (tertiary alicyclic amines) is 1. The Morgan fingerprint density at radius 1 is 1.32 bits per heavy atom. The summed E-state index contributed by atoms with van der Waals surface area (Å²) in [6.07, 6.45) is 7.42. The maximum atomic E-state index is 13.6. The molecule has 3 aliphatic heterocycles. The highest BCUT2D eigenvalue weighted by Gasteiger charge is 2.36. The number of rotatable bonds is 7. The number of piperidine rings is 2. The summed E-state index contributed by atoms with van der Waals surface area (Å²) in [7, 11) is 0. The van der Waals surface area contributed by atoms with E-state index in [0.717, 1.165) is 80.3 Å². The van der Waals surface area contributed by atoms with Crippen LogP contribution >= 0.6 is 11.3 Å². The lowest BCUT2D eigenvalue weighted by molar-refractivity contribution is 0.0105. The van der Waals surface area contributed by atoms with Crippen LogP contribution in [-0.2, 0) is 0 Å². The van der Waals surface area contributed by atoms with Crippen LogP contribution in [0.3, 0.4) is 0 Å². The second-order valence-electron chi connectivity index (χ2n) is 11.9. The number of carbonyl (C=O) groups is 1. The summed E-state index contributed by atoms with van der Waals surface area (Å²) in [6.45, 7) is 13.8. The average molecular weight is 580 g/mol. The van der Waals surface area contributed by atoms with Gasteiger partial charge in [-0.1, -0.05) is 13.0 Å². The quantitative estimate of drug-likeness (QED) is 0.387. The molecule has 2 atom stereocenters. The van der Waals surface area contributed by atoms with Gasteiger partial charge in [-0.2, -0.15) is 5.10 Å². The zero-order valence-corrected chi connectivity index (χ0v) is 25.3. The minimum Gasteiger partial charge on any atom is -0.473 e. The van der Waals surface area contributed by atoms with Crippen molar-refractivity contribution in [3.8, 4) is 5.88 Å². The Kier molecular flexibility index (Phi) is 7.64. The van der Waals surface area contributed by atoms with E-state index in [-0.39, 0.29) is 23.6 Å². The number of nitrogens with zero attached hydrogens (tertiary/aromatic N) is 6. The highest BCUT2D eigenvalue weighted by Crippen LogP contribution is 2.35. The molecule has 3 aliphatic rings. The fourth-order valence-electron chi connectivity index (χ4n) is 6.62. The van der Waals surface area contributed by atoms with Crippen LogP contribution < -0.4 is 26.0 Å². The standard InChI is InChI=1S/C29H41N9O2S/c1-5-37-12-9-21(14-29(37,3)4)40-28-25(41-18(2)34-28)27(39)35-20-7-6-11-36(16-20)23-13-22(19-8-10-31-15-19)38-24(23)26(30)32-17-33-38/h8,13,17,20-21,31H,5-7,9-12,14-16H2,1-4H3,(H,35,39)(H2,30,32,33)/t20-,21?/m1/s1. The Bertz CT molecular complexity index is 1460. The molecular weight excluding hydrogens is 538 g/mol. The highest BCUT2D eigenvalue weighted by atomic mass is 32.1. The molecule has 12 heteroatoms. The van der Waals surface area contributed by atoms with E-state index in [9.17, 15) is 4.79 Å². The number of ether oxygens (including phenoxy) is 1. The molecular formula is C29H41N9O2S. The summed E-state index contributed by atoms with van der Waals surface area (Å²) < 4.78 is 8.31. The number of nitrogens with one attached hydrogen (secondary N) is 2. The number of amides is 1. The predicted octanol–water partition coefficient (Wildman–Crippen LogP) is 3.10. The van der Waals surface area contributed by atoms with Crippen molar-refractivity contribution < 1.29 is 9.53 Å². The van der Waals surface area contributed by atoms with Crippen LogP contribution in [0.5, 0.6) is 5.88 Å². The van der Waals surface area contributed by atoms with E-state index in [2.05, 4.69) is 68.4 Å². The van der Waals surface area contributed by atoms with Crippen molar-refractivity contribution in [3.63, 3.8) is 0 Å². The van der Waals surface area contributed by atoms with Crippen LogP contribution in [-0.4, -0.2) is 87.3 Å². The Morgan fingerprint density at radius 3 is 2.93 bits per heavy atom. The largest absolute Gasteiger partial charge is 0.473 e. The van der Waals surface area contributed by atoms with E-state index in [1.54, 1.807) is 0 Å². The van der Waals surface area contributed by atoms with Crippen molar-refractivity contribution in [1.29, 1.82) is 0 Å². The van der Waals surface area contributed by atoms with Crippen LogP contribution in [0.15, 0.2) is 18.5 Å². The first-order valence-corrected chi connectivity index (χ1v) is 15.5. The van der Waals surface area contributed by atoms with E-state index in [0.29, 0.717) is 23.1 Å². The molecule has 41 heavy (non-hydrogen) atoms. The maximum Gasteiger partial charge on any atom is 0.267 e. The van der Waals surface area contributed by atoms with Gasteiger partial charge in [0.25, 0.3) is 5.91 Å². The molecule has 11 nitrogen and oxygen atoms in total. The number of hydrogen-bond donors (Lipinski definition) is 3. The smallest absolute Gasteiger partial charge is 0.267 e. The van der Waals surface area contributed by atoms with Gasteiger partial charge in [-0.25, -0.2) is 14.5 Å². The summed E-state index contributed by atoms with van der Waals surface area (Å²) in [5, 5.41) is 12.0. The molecule has 0 spiro atoms. The van der Waals surface area contributed by atoms with Crippen molar-refractivity contribution in [1.82, 2.24) is 35.1 Å². The molecule has 3 aromatic rings. The topological polar surface area (TPSA) is 126 Å². The maximum absolute atomic E-state index is 13.6. The molecule has 2 saturated heterocycles. The molecule has 0 saturated carbocycles. The van der Waals surface area contributed by atoms with E-state index >= 15 is 0 Å². The highest BCUT2D eigenvalue weighted by molar-refractivity contribution is 7.13. The number of aromatic nitrogens is 4. The molecule has 4 N–H and O–H groups in total. The van der Waals surface area contributed by atoms with Crippen LogP contribution in [0.2, 0.25) is 0 Å². The Morgan fingerprint density at radius 2 is 2.17 bits per heavy atom. The normalized spacial score (nSPS) is 23.1. The van der Waals surface area contributed by atoms with Gasteiger partial charge in [-0.15, -0.1) is 11.3 Å². The number of hydrogen-bond acceptors (Lipinski definition) is 10. The Balaban J connectivity index is 1.18. The van der Waals surface area contributed by atoms with Gasteiger partial charge in [-0.05, 0) is 58.2 Å². The van der Waals surface area contributed by atoms with Gasteiger partial charge < -0.3 is 26.0 Å². The second kappa shape index (κ2) is 11.2. The lowest BCUT2D eigenvalue weighted by atomic mass is 9.88. The fourth-order valence-corrected chi connectivity index (χ4v) is 7.38. The van der Waals surface area contributed by atoms with Crippen LogP contribution in [0.4, 0.5) is 11.5 Å². The fraction of sp³-hybridized carbons (Fsp3) is 0.586. The average Bonchev–Trinajstić information content (AvgIpc) is 3.68. The first-order chi connectivity index (χ1) is 19.7. The van der Waals surface area contributed by atoms with Crippen molar-refractivity contribution >= 4 is 39.8 Å². The van der Waals surface area contributed by atoms with E-state index in [1.165, 1.54) is 23.2 Å². The first-order valence-electron chi connectivity index (χ1n) is 14.7. The third-order valence-corrected chi connectivity index (χ3v) is 9.62. The number of thiazole rings is 1. The molecule has 1 unspecified atom stereocenters. The summed E-state index contributed by atoms with van der Waals surface area (Å²) in [6, 6.07) is 2.14. The lowest BCUT2D eigenvalue weighted by Crippen LogP contribution is -2.52. The Hall–Kier alpha value is -3.22. The van der Waals surface area contributed by atoms with E-state index in [1.807, 2.05) is 11.4 Å². The summed E-state index contributed by atoms with van der Waals surface area (Å²) in [5.41, 5.74) is 10.5. The molecule has 0 bridgehead atoms. The molecule has 0 aliphatic carbocycles. The molecule has 6 rings (SSSR count). The van der Waals surface area contributed by atoms with Crippen LogP contribution in [0, 0.1) is 6.92 Å². The van der Waals surface area contributed by atoms with Crippen molar-refractivity contribution in [2.75, 3.05) is 49.9 Å². The zero-order valence-electron chi connectivity index (χ0n) is 24.4. The number of aryl methyl sites for hydroxylation is 1. The number of carbonyl (C=O) groups excluding carboxylic acids is 1. The molecule has 3 aromatic heterocycles. The molecule has 0 radical (unpaired) electrons. The van der Waals surface area contributed by atoms with Crippen molar-refractivity contribution in [2.45, 2.75) is 71.1 Å². The molecule has 220 valence electrons. The number of fused-ring (bicyclic) bond motifs is 1. The number of nitrogens with two attached hydrogens (primary N) is 1. The molecule has 1 amide bonds. The van der Waals surface area contributed by atoms with Gasteiger partial charge in [0.2, 0.25) is 5.88 Å². The summed E-state index contributed by atoms with van der Waals surface area (Å²) in [4.78, 5) is 27.8. The van der Waals surface area contributed by atoms with Crippen LogP contribution in [0.25, 0.3) is 11.1 Å². The van der Waals surface area contributed by atoms with Crippen molar-refractivity contribution in [3.05, 3.63) is 34.0 Å². The zero-order chi connectivity index (χ0) is 28.7. The second-order valence-corrected chi connectivity index (χ2v) is 13.1. The first kappa shape index (κ1) is 27.9. The third-order valence-electron chi connectivity index (χ3n) is 8.67. The van der Waals surface area contributed by atoms with Gasteiger partial charge in [0.05, 0.1) is 16.4 Å². The minimum atomic E-state index is -0.116. The van der Waals surface area contributed by atoms with Gasteiger partial charge >= 0.3 is 0 Å². The molecule has 0 aromatic carbocycles. The van der Waals surface area contributed by atoms with Crippen LogP contribution in [0.1, 0.15) is 66.8 Å². The van der Waals surface area contributed by atoms with Gasteiger partial charge in [0.1, 0.15) is 17.9 Å². The van der Waals surface area contributed by atoms with Gasteiger partial charge in [0.15, 0.2) is 10.7 Å². The monoisotopic (exact) mass is 579 g/mol. The van der Waals surface area contributed by atoms with Gasteiger partial charge in [-0.3, -0.25) is 9.69 Å². The third kappa shape index (κ3) is 5.52. The number of anilines is 2. The predicted molar refractivity (Wildman–Crippen MR) is 163 cm³/mol. The molecule has 6 heterocycles. The lowest BCUT2D eigenvalue weighted by Gasteiger charge is -2.44. The minimum absolute atomic E-state index is 0.0187. The Labute approximate surface area is 245 Å². The SMILES string of the molecule is CCN1CCC(Oc2nc(C)sc2C(=O)N[C@@H]2CCCN(c3cc(C4=CCNC4)n4ncnc(N)c34)C2)CC1(C)C. The van der Waals surface area contributed by atoms with E-state index in [4.69, 9.17) is 10.5 Å². The summed E-state index contributed by atoms with van der Waals surface area (Å²) >= 11 is 1.40. The molecule has 2 fully saturated rings. The number of nitrogen functional groups attached to an aromatic ring is 1. The van der Waals surface area contributed by atoms with E-state index < -0.39 is 0 Å². The summed E-state index contributed by atoms with van der Waals surface area (Å²) in [5.74, 6) is 0.804. The van der Waals surface area contributed by atoms with Crippen molar-refractivity contribution in [2.24, 2.45) is 0 Å². The van der Waals surface area contributed by atoms with Gasteiger partial charge in [0, 0.05) is 50.7 Å².